The molecule has 0 bridgehead atoms. The molecule has 1 aromatic heterocycles. The maximum atomic E-state index is 12.7. The Labute approximate surface area is 182 Å². The summed E-state index contributed by atoms with van der Waals surface area (Å²) in [5.41, 5.74) is 0.146. The van der Waals surface area contributed by atoms with E-state index in [9.17, 15) is 21.6 Å². The highest BCUT2D eigenvalue weighted by Crippen LogP contribution is 2.30. The Morgan fingerprint density at radius 3 is 2.34 bits per heavy atom. The summed E-state index contributed by atoms with van der Waals surface area (Å²) in [6, 6.07) is 10.8. The van der Waals surface area contributed by atoms with E-state index in [4.69, 9.17) is 13.8 Å². The molecule has 0 saturated carbocycles. The molecule has 1 N–H and O–H groups in total. The second kappa shape index (κ2) is 9.42. The van der Waals surface area contributed by atoms with E-state index >= 15 is 0 Å². The molecular weight excluding hydrogens is 449 g/mol. The Morgan fingerprint density at radius 2 is 1.78 bits per heavy atom. The summed E-state index contributed by atoms with van der Waals surface area (Å²) in [4.78, 5) is 4.10. The third kappa shape index (κ3) is 6.32. The van der Waals surface area contributed by atoms with Crippen LogP contribution in [0.4, 0.5) is 13.2 Å². The molecule has 0 aliphatic heterocycles. The maximum Gasteiger partial charge on any atom is 0.416 e. The van der Waals surface area contributed by atoms with Crippen molar-refractivity contribution in [1.82, 2.24) is 10.1 Å². The van der Waals surface area contributed by atoms with Crippen LogP contribution in [-0.4, -0.2) is 28.9 Å². The van der Waals surface area contributed by atoms with Gasteiger partial charge >= 0.3 is 6.18 Å². The molecule has 0 amide bonds. The van der Waals surface area contributed by atoms with Crippen LogP contribution < -0.4 is 4.74 Å². The zero-order valence-electron chi connectivity index (χ0n) is 16.6. The number of rotatable bonds is 7. The van der Waals surface area contributed by atoms with Gasteiger partial charge in [0, 0.05) is 5.56 Å². The van der Waals surface area contributed by atoms with Crippen molar-refractivity contribution in [1.29, 1.82) is 0 Å². The largest absolute Gasteiger partial charge is 0.485 e. The number of halogens is 3. The van der Waals surface area contributed by atoms with Crippen LogP contribution in [0.5, 0.6) is 5.75 Å². The fourth-order valence-electron chi connectivity index (χ4n) is 2.78. The van der Waals surface area contributed by atoms with Crippen LogP contribution in [0.2, 0.25) is 0 Å². The lowest BCUT2D eigenvalue weighted by Crippen LogP contribution is -2.12. The van der Waals surface area contributed by atoms with Crippen LogP contribution in [-0.2, 0) is 22.9 Å². The molecule has 1 unspecified atom stereocenters. The van der Waals surface area contributed by atoms with Crippen molar-refractivity contribution in [2.24, 2.45) is 0 Å². The first kappa shape index (κ1) is 23.3. The molecule has 0 aliphatic carbocycles. The van der Waals surface area contributed by atoms with Gasteiger partial charge in [0.15, 0.2) is 6.61 Å². The third-order valence-electron chi connectivity index (χ3n) is 4.27. The monoisotopic (exact) mass is 466 g/mol. The van der Waals surface area contributed by atoms with Gasteiger partial charge in [0.05, 0.1) is 17.2 Å². The summed E-state index contributed by atoms with van der Waals surface area (Å²) in [5.74, 6) is 4.84. The van der Waals surface area contributed by atoms with Gasteiger partial charge in [-0.1, -0.05) is 23.2 Å². The zero-order chi connectivity index (χ0) is 23.4. The van der Waals surface area contributed by atoms with Crippen LogP contribution in [0.1, 0.15) is 29.8 Å². The Balaban J connectivity index is 1.64. The summed E-state index contributed by atoms with van der Waals surface area (Å²) >= 11 is 0. The first-order valence-corrected chi connectivity index (χ1v) is 10.8. The minimum atomic E-state index is -4.43. The standard InChI is InChI=1S/C21H17F3N2O5S/c1-2-3-16(13-32(27,28)29)14-6-10-18(11-7-14)30-12-19-25-20(31-26-19)15-4-8-17(9-5-15)21(22,23)24/h4-11,16H,12-13H2,1H3,(H,27,28,29). The second-order valence-corrected chi connectivity index (χ2v) is 8.14. The molecule has 0 radical (unpaired) electrons. The van der Waals surface area contributed by atoms with Crippen molar-refractivity contribution < 1.29 is 35.4 Å². The quantitative estimate of drug-likeness (QED) is 0.408. The van der Waals surface area contributed by atoms with E-state index < -0.39 is 33.5 Å². The molecule has 0 spiro atoms. The average Bonchev–Trinajstić information content (AvgIpc) is 3.20. The first-order chi connectivity index (χ1) is 15.0. The first-order valence-electron chi connectivity index (χ1n) is 9.15. The normalized spacial score (nSPS) is 12.7. The molecule has 0 aliphatic rings. The Bertz CT molecular complexity index is 1230. The fourth-order valence-corrected chi connectivity index (χ4v) is 3.48. The summed E-state index contributed by atoms with van der Waals surface area (Å²) in [7, 11) is -4.20. The molecule has 7 nitrogen and oxygen atoms in total. The van der Waals surface area contributed by atoms with E-state index in [-0.39, 0.29) is 18.3 Å². The van der Waals surface area contributed by atoms with Crippen LogP contribution in [0.15, 0.2) is 53.1 Å². The third-order valence-corrected chi connectivity index (χ3v) is 5.03. The smallest absolute Gasteiger partial charge is 0.416 e. The van der Waals surface area contributed by atoms with E-state index in [2.05, 4.69) is 22.0 Å². The zero-order valence-corrected chi connectivity index (χ0v) is 17.4. The van der Waals surface area contributed by atoms with E-state index in [1.165, 1.54) is 12.1 Å². The van der Waals surface area contributed by atoms with Crippen LogP contribution in [0, 0.1) is 11.8 Å². The predicted octanol–water partition coefficient (Wildman–Crippen LogP) is 4.33. The van der Waals surface area contributed by atoms with Crippen molar-refractivity contribution in [2.75, 3.05) is 5.75 Å². The number of benzene rings is 2. The van der Waals surface area contributed by atoms with Crippen LogP contribution >= 0.6 is 0 Å². The predicted molar refractivity (Wildman–Crippen MR) is 108 cm³/mol. The van der Waals surface area contributed by atoms with Crippen molar-refractivity contribution in [3.05, 3.63) is 65.5 Å². The molecule has 2 aromatic carbocycles. The maximum absolute atomic E-state index is 12.7. The highest BCUT2D eigenvalue weighted by Gasteiger charge is 2.30. The molecule has 1 heterocycles. The van der Waals surface area contributed by atoms with Gasteiger partial charge in [-0.15, -0.1) is 5.92 Å². The summed E-state index contributed by atoms with van der Waals surface area (Å²) in [6.45, 7) is 1.50. The summed E-state index contributed by atoms with van der Waals surface area (Å²) in [5, 5.41) is 3.74. The highest BCUT2D eigenvalue weighted by molar-refractivity contribution is 7.85. The molecule has 32 heavy (non-hydrogen) atoms. The van der Waals surface area contributed by atoms with Crippen LogP contribution in [0.25, 0.3) is 11.5 Å². The van der Waals surface area contributed by atoms with Crippen molar-refractivity contribution in [3.8, 4) is 29.0 Å². The van der Waals surface area contributed by atoms with Crippen molar-refractivity contribution in [3.63, 3.8) is 0 Å². The van der Waals surface area contributed by atoms with Gasteiger partial charge < -0.3 is 9.26 Å². The van der Waals surface area contributed by atoms with Crippen molar-refractivity contribution in [2.45, 2.75) is 25.6 Å². The molecule has 0 fully saturated rings. The molecular formula is C21H17F3N2O5S. The van der Waals surface area contributed by atoms with Gasteiger partial charge in [0.2, 0.25) is 5.82 Å². The second-order valence-electron chi connectivity index (χ2n) is 6.64. The van der Waals surface area contributed by atoms with Crippen LogP contribution in [0.3, 0.4) is 0 Å². The molecule has 3 aromatic rings. The van der Waals surface area contributed by atoms with Gasteiger partial charge in [-0.05, 0) is 48.9 Å². The Kier molecular flexibility index (Phi) is 6.86. The lowest BCUT2D eigenvalue weighted by Gasteiger charge is -2.10. The van der Waals surface area contributed by atoms with Gasteiger partial charge in [-0.25, -0.2) is 0 Å². The fraction of sp³-hybridized carbons (Fsp3) is 0.238. The molecule has 3 rings (SSSR count). The SMILES string of the molecule is CC#CC(CS(=O)(=O)O)c1ccc(OCc2noc(-c3ccc(C(F)(F)F)cc3)n2)cc1. The lowest BCUT2D eigenvalue weighted by molar-refractivity contribution is -0.137. The van der Waals surface area contributed by atoms with E-state index in [1.807, 2.05) is 0 Å². The van der Waals surface area contributed by atoms with Gasteiger partial charge in [0.1, 0.15) is 5.75 Å². The van der Waals surface area contributed by atoms with E-state index in [0.29, 0.717) is 16.9 Å². The van der Waals surface area contributed by atoms with Crippen molar-refractivity contribution >= 4 is 10.1 Å². The topological polar surface area (TPSA) is 103 Å². The van der Waals surface area contributed by atoms with Gasteiger partial charge in [0.25, 0.3) is 16.0 Å². The number of nitrogens with zero attached hydrogens (tertiary/aromatic N) is 2. The summed E-state index contributed by atoms with van der Waals surface area (Å²) in [6.07, 6.45) is -4.43. The molecule has 1 atom stereocenters. The Hall–Kier alpha value is -3.36. The van der Waals surface area contributed by atoms with E-state index in [0.717, 1.165) is 12.1 Å². The molecule has 11 heteroatoms. The number of alkyl halides is 3. The van der Waals surface area contributed by atoms with E-state index in [1.54, 1.807) is 31.2 Å². The van der Waals surface area contributed by atoms with Gasteiger partial charge in [-0.3, -0.25) is 4.55 Å². The Morgan fingerprint density at radius 1 is 1.12 bits per heavy atom. The average molecular weight is 466 g/mol. The molecule has 168 valence electrons. The minimum absolute atomic E-state index is 0.0545. The lowest BCUT2D eigenvalue weighted by atomic mass is 10.0. The number of ether oxygens (including phenoxy) is 1. The van der Waals surface area contributed by atoms with Gasteiger partial charge in [-0.2, -0.15) is 26.6 Å². The summed E-state index contributed by atoms with van der Waals surface area (Å²) < 4.78 is 80.0. The number of hydrogen-bond donors (Lipinski definition) is 1. The highest BCUT2D eigenvalue weighted by atomic mass is 32.2. The molecule has 0 saturated heterocycles. The minimum Gasteiger partial charge on any atom is -0.485 e. The number of aromatic nitrogens is 2. The number of hydrogen-bond acceptors (Lipinski definition) is 6.